The van der Waals surface area contributed by atoms with Crippen LogP contribution in [-0.2, 0) is 16.0 Å². The lowest BCUT2D eigenvalue weighted by atomic mass is 9.55. The Labute approximate surface area is 213 Å². The van der Waals surface area contributed by atoms with Crippen LogP contribution in [0.3, 0.4) is 0 Å². The van der Waals surface area contributed by atoms with Crippen molar-refractivity contribution >= 4 is 11.7 Å². The molecule has 5 heteroatoms. The molecular weight excluding hydrogens is 450 g/mol. The van der Waals surface area contributed by atoms with Gasteiger partial charge in [0.15, 0.2) is 11.5 Å². The molecule has 7 rings (SSSR count). The van der Waals surface area contributed by atoms with E-state index in [0.717, 1.165) is 24.2 Å². The molecule has 1 amide bonds. The fraction of sp³-hybridized carbons (Fsp3) is 0.548. The van der Waals surface area contributed by atoms with E-state index in [1.807, 2.05) is 30.3 Å². The Balaban J connectivity index is 1.59. The molecular formula is C31H37NO4. The zero-order valence-corrected chi connectivity index (χ0v) is 21.7. The maximum absolute atomic E-state index is 14.3. The van der Waals surface area contributed by atoms with Gasteiger partial charge in [-0.2, -0.15) is 0 Å². The van der Waals surface area contributed by atoms with Crippen LogP contribution in [0.15, 0.2) is 60.2 Å². The minimum atomic E-state index is -1.58. The van der Waals surface area contributed by atoms with E-state index >= 15 is 0 Å². The molecule has 1 aromatic rings. The number of nitrogens with one attached hydrogen (secondary N) is 1. The lowest BCUT2D eigenvalue weighted by molar-refractivity contribution is -0.128. The van der Waals surface area contributed by atoms with Gasteiger partial charge in [-0.1, -0.05) is 50.6 Å². The molecule has 4 bridgehead atoms. The molecule has 1 aromatic carbocycles. The van der Waals surface area contributed by atoms with Gasteiger partial charge >= 0.3 is 0 Å². The van der Waals surface area contributed by atoms with E-state index in [-0.39, 0.29) is 47.0 Å². The Kier molecular flexibility index (Phi) is 5.22. The predicted octanol–water partition coefficient (Wildman–Crippen LogP) is 4.62. The highest BCUT2D eigenvalue weighted by molar-refractivity contribution is 6.22. The first-order chi connectivity index (χ1) is 17.0. The van der Waals surface area contributed by atoms with Crippen molar-refractivity contribution in [3.05, 3.63) is 65.8 Å². The summed E-state index contributed by atoms with van der Waals surface area (Å²) in [5.74, 6) is 0.862. The normalized spacial score (nSPS) is 45.1. The minimum Gasteiger partial charge on any atom is -0.490 e. The third-order valence-electron chi connectivity index (χ3n) is 10.0. The van der Waals surface area contributed by atoms with Gasteiger partial charge in [0.05, 0.1) is 5.57 Å². The largest absolute Gasteiger partial charge is 0.490 e. The molecule has 3 aliphatic carbocycles. The van der Waals surface area contributed by atoms with Crippen molar-refractivity contribution in [2.75, 3.05) is 0 Å². The first kappa shape index (κ1) is 23.7. The molecule has 0 unspecified atom stereocenters. The van der Waals surface area contributed by atoms with Crippen molar-refractivity contribution in [1.29, 1.82) is 0 Å². The summed E-state index contributed by atoms with van der Waals surface area (Å²) in [6, 6.07) is 7.82. The maximum atomic E-state index is 14.3. The number of ether oxygens (including phenoxy) is 1. The Morgan fingerprint density at radius 1 is 1.19 bits per heavy atom. The summed E-state index contributed by atoms with van der Waals surface area (Å²) >= 11 is 0. The van der Waals surface area contributed by atoms with Crippen LogP contribution in [0.4, 0.5) is 0 Å². The van der Waals surface area contributed by atoms with Gasteiger partial charge in [0.2, 0.25) is 0 Å². The highest BCUT2D eigenvalue weighted by Gasteiger charge is 2.66. The molecule has 2 fully saturated rings. The van der Waals surface area contributed by atoms with Gasteiger partial charge in [-0.15, -0.1) is 6.58 Å². The SMILES string of the molecule is C=C[C@@H]1C=C(C)[C@H]2[C@@H]3[C@H](Oc4ccc(cc4)C[C@@]4(O)C=C(C(=O)N4)C(=O)[C@@H]13)[C@@H]1[C@@H](C)C[C@@H](C)C[C@]12C. The number of benzene rings is 1. The average Bonchev–Trinajstić information content (AvgIpc) is 3.24. The lowest BCUT2D eigenvalue weighted by Gasteiger charge is -2.48. The first-order valence-electron chi connectivity index (χ1n) is 13.4. The molecule has 3 aliphatic heterocycles. The number of rotatable bonds is 1. The fourth-order valence-electron chi connectivity index (χ4n) is 9.24. The molecule has 2 N–H and O–H groups in total. The molecule has 2 saturated carbocycles. The van der Waals surface area contributed by atoms with E-state index in [1.54, 1.807) is 0 Å². The molecule has 0 aromatic heterocycles. The van der Waals surface area contributed by atoms with Crippen LogP contribution in [0.25, 0.3) is 0 Å². The first-order valence-corrected chi connectivity index (χ1v) is 13.4. The molecule has 190 valence electrons. The van der Waals surface area contributed by atoms with E-state index < -0.39 is 17.6 Å². The summed E-state index contributed by atoms with van der Waals surface area (Å²) in [7, 11) is 0. The monoisotopic (exact) mass is 487 g/mol. The molecule has 0 saturated heterocycles. The van der Waals surface area contributed by atoms with Crippen molar-refractivity contribution in [2.45, 2.75) is 58.8 Å². The number of aliphatic hydroxyl groups is 1. The Bertz CT molecular complexity index is 1200. The number of carbonyl (C=O) groups is 2. The summed E-state index contributed by atoms with van der Waals surface area (Å²) < 4.78 is 6.91. The van der Waals surface area contributed by atoms with Crippen LogP contribution < -0.4 is 10.1 Å². The van der Waals surface area contributed by atoms with Crippen LogP contribution in [0.5, 0.6) is 5.75 Å². The number of fused-ring (bicyclic) bond motifs is 4. The zero-order valence-electron chi connectivity index (χ0n) is 21.7. The smallest absolute Gasteiger partial charge is 0.257 e. The van der Waals surface area contributed by atoms with Crippen LogP contribution >= 0.6 is 0 Å². The summed E-state index contributed by atoms with van der Waals surface area (Å²) in [5, 5.41) is 13.9. The van der Waals surface area contributed by atoms with E-state index in [9.17, 15) is 14.7 Å². The Morgan fingerprint density at radius 3 is 2.61 bits per heavy atom. The molecule has 36 heavy (non-hydrogen) atoms. The van der Waals surface area contributed by atoms with Crippen LogP contribution in [-0.4, -0.2) is 28.6 Å². The van der Waals surface area contributed by atoms with Gasteiger partial charge in [-0.25, -0.2) is 0 Å². The van der Waals surface area contributed by atoms with E-state index in [4.69, 9.17) is 4.74 Å². The van der Waals surface area contributed by atoms with Gasteiger partial charge in [0.1, 0.15) is 11.9 Å². The predicted molar refractivity (Wildman–Crippen MR) is 138 cm³/mol. The van der Waals surface area contributed by atoms with Gasteiger partial charge in [-0.3, -0.25) is 9.59 Å². The number of amides is 1. The van der Waals surface area contributed by atoms with Crippen LogP contribution in [0, 0.1) is 46.8 Å². The molecule has 6 aliphatic rings. The Hall–Kier alpha value is -2.66. The third kappa shape index (κ3) is 3.31. The number of allylic oxidation sites excluding steroid dienone is 3. The number of hydrogen-bond acceptors (Lipinski definition) is 4. The second-order valence-corrected chi connectivity index (χ2v) is 12.6. The number of hydrogen-bond donors (Lipinski definition) is 2. The topological polar surface area (TPSA) is 75.6 Å². The molecule has 10 atom stereocenters. The van der Waals surface area contributed by atoms with Crippen molar-refractivity contribution in [2.24, 2.45) is 46.8 Å². The molecule has 3 heterocycles. The lowest BCUT2D eigenvalue weighted by Crippen LogP contribution is -2.46. The van der Waals surface area contributed by atoms with E-state index in [2.05, 4.69) is 45.7 Å². The summed E-state index contributed by atoms with van der Waals surface area (Å²) in [5.41, 5.74) is 0.635. The quantitative estimate of drug-likeness (QED) is 0.448. The van der Waals surface area contributed by atoms with Crippen LogP contribution in [0.1, 0.15) is 46.1 Å². The average molecular weight is 488 g/mol. The minimum absolute atomic E-state index is 0.0122. The standard InChI is InChI=1S/C31H37NO4/c1-6-20-12-18(4)25-24-23(20)27(33)22-15-31(35,32-29(22)34)14-19-7-9-21(10-8-19)36-28(24)26-17(3)11-16(2)13-30(25,26)5/h6-10,12,15-17,20,23-26,28,35H,1,11,13-14H2,2-5H3,(H,32,34)/t16-,17+,20-,23+,24-,25+,26+,28+,30+,31-/m1/s1. The third-order valence-corrected chi connectivity index (χ3v) is 10.0. The van der Waals surface area contributed by atoms with E-state index in [1.165, 1.54) is 11.6 Å². The summed E-state index contributed by atoms with van der Waals surface area (Å²) in [6.07, 6.45) is 7.78. The number of ketones is 1. The molecule has 5 nitrogen and oxygen atoms in total. The second-order valence-electron chi connectivity index (χ2n) is 12.6. The highest BCUT2D eigenvalue weighted by atomic mass is 16.5. The van der Waals surface area contributed by atoms with Gasteiger partial charge < -0.3 is 15.2 Å². The summed E-state index contributed by atoms with van der Waals surface area (Å²) in [6.45, 7) is 13.4. The van der Waals surface area contributed by atoms with Crippen LogP contribution in [0.2, 0.25) is 0 Å². The maximum Gasteiger partial charge on any atom is 0.257 e. The van der Waals surface area contributed by atoms with Crippen molar-refractivity contribution < 1.29 is 19.4 Å². The fourth-order valence-corrected chi connectivity index (χ4v) is 9.24. The van der Waals surface area contributed by atoms with Gasteiger partial charge in [0, 0.05) is 30.1 Å². The highest BCUT2D eigenvalue weighted by Crippen LogP contribution is 2.67. The molecule has 0 radical (unpaired) electrons. The van der Waals surface area contributed by atoms with Crippen molar-refractivity contribution in [1.82, 2.24) is 5.32 Å². The summed E-state index contributed by atoms with van der Waals surface area (Å²) in [4.78, 5) is 27.4. The molecule has 0 spiro atoms. The van der Waals surface area contributed by atoms with Gasteiger partial charge in [-0.05, 0) is 66.7 Å². The Morgan fingerprint density at radius 2 is 1.92 bits per heavy atom. The zero-order chi connectivity index (χ0) is 25.6. The number of carbonyl (C=O) groups excluding carboxylic acids is 2. The van der Waals surface area contributed by atoms with Gasteiger partial charge in [0.25, 0.3) is 5.91 Å². The second kappa shape index (κ2) is 7.92. The number of Topliss-reactive ketones (excluding diaryl/α,β-unsaturated/α-hetero) is 1. The van der Waals surface area contributed by atoms with Crippen molar-refractivity contribution in [3.8, 4) is 5.75 Å². The van der Waals surface area contributed by atoms with Crippen molar-refractivity contribution in [3.63, 3.8) is 0 Å². The van der Waals surface area contributed by atoms with E-state index in [0.29, 0.717) is 17.8 Å².